The molecule has 0 aliphatic heterocycles. The molecule has 3 N–H and O–H groups in total. The van der Waals surface area contributed by atoms with Gasteiger partial charge in [-0.3, -0.25) is 14.4 Å². The molecule has 4 rings (SSSR count). The molecular formula is C35H32ClF3N4O3S. The van der Waals surface area contributed by atoms with Crippen molar-refractivity contribution in [2.75, 3.05) is 29.6 Å². The smallest absolute Gasteiger partial charge is 0.378 e. The Labute approximate surface area is 280 Å². The van der Waals surface area contributed by atoms with Gasteiger partial charge in [0, 0.05) is 41.0 Å². The Morgan fingerprint density at radius 3 is 2.23 bits per heavy atom. The summed E-state index contributed by atoms with van der Waals surface area (Å²) in [5, 5.41) is 7.04. The number of anilines is 3. The first-order valence-electron chi connectivity index (χ1n) is 14.4. The van der Waals surface area contributed by atoms with E-state index in [1.54, 1.807) is 67.6 Å². The fourth-order valence-electron chi connectivity index (χ4n) is 4.38. The number of hydrogen-bond acceptors (Lipinski definition) is 5. The fraction of sp³-hybridized carbons (Fsp3) is 0.171. The summed E-state index contributed by atoms with van der Waals surface area (Å²) in [4.78, 5) is 42.1. The molecule has 0 saturated carbocycles. The minimum Gasteiger partial charge on any atom is -0.378 e. The minimum atomic E-state index is -4.71. The Bertz CT molecular complexity index is 1760. The molecule has 0 aromatic heterocycles. The highest BCUT2D eigenvalue weighted by Gasteiger charge is 2.34. The SMILES string of the molecule is CCC(Sc1cccc(NC(=O)/C(=C\c2ccc(N(C)C)cc2)NC(=O)c2ccccc2)c1)C(=O)Nc1ccc(Cl)cc1C(F)(F)F. The van der Waals surface area contributed by atoms with Gasteiger partial charge in [0.15, 0.2) is 0 Å². The lowest BCUT2D eigenvalue weighted by Crippen LogP contribution is -2.30. The summed E-state index contributed by atoms with van der Waals surface area (Å²) in [6.45, 7) is 1.74. The summed E-state index contributed by atoms with van der Waals surface area (Å²) in [5.41, 5.74) is 0.977. The molecule has 0 radical (unpaired) electrons. The van der Waals surface area contributed by atoms with Crippen molar-refractivity contribution < 1.29 is 27.6 Å². The summed E-state index contributed by atoms with van der Waals surface area (Å²) in [7, 11) is 3.82. The first-order chi connectivity index (χ1) is 22.3. The molecule has 47 heavy (non-hydrogen) atoms. The van der Waals surface area contributed by atoms with Crippen LogP contribution in [0, 0.1) is 0 Å². The van der Waals surface area contributed by atoms with Gasteiger partial charge in [0.05, 0.1) is 16.5 Å². The molecule has 0 aliphatic carbocycles. The Kier molecular flexibility index (Phi) is 11.7. The van der Waals surface area contributed by atoms with Crippen LogP contribution in [0.15, 0.2) is 108 Å². The molecule has 0 saturated heterocycles. The first kappa shape index (κ1) is 35.1. The van der Waals surface area contributed by atoms with Crippen LogP contribution in [0.2, 0.25) is 5.02 Å². The van der Waals surface area contributed by atoms with Crippen LogP contribution in [0.1, 0.15) is 34.8 Å². The van der Waals surface area contributed by atoms with Gasteiger partial charge in [-0.05, 0) is 78.7 Å². The van der Waals surface area contributed by atoms with Gasteiger partial charge in [-0.15, -0.1) is 11.8 Å². The number of alkyl halides is 3. The van der Waals surface area contributed by atoms with Gasteiger partial charge in [-0.1, -0.05) is 54.9 Å². The molecule has 4 aromatic carbocycles. The molecule has 244 valence electrons. The molecule has 0 spiro atoms. The van der Waals surface area contributed by atoms with E-state index in [-0.39, 0.29) is 16.4 Å². The summed E-state index contributed by atoms with van der Waals surface area (Å²) in [6.07, 6.45) is -2.83. The zero-order chi connectivity index (χ0) is 34.1. The molecule has 7 nitrogen and oxygen atoms in total. The normalized spacial score (nSPS) is 12.2. The number of carbonyl (C=O) groups is 3. The summed E-state index contributed by atoms with van der Waals surface area (Å²) >= 11 is 6.90. The van der Waals surface area contributed by atoms with E-state index >= 15 is 0 Å². The van der Waals surface area contributed by atoms with Gasteiger partial charge in [0.2, 0.25) is 5.91 Å². The third kappa shape index (κ3) is 9.87. The number of nitrogens with zero attached hydrogens (tertiary/aromatic N) is 1. The van der Waals surface area contributed by atoms with Crippen molar-refractivity contribution in [1.82, 2.24) is 5.32 Å². The minimum absolute atomic E-state index is 0.00348. The van der Waals surface area contributed by atoms with E-state index in [0.29, 0.717) is 28.1 Å². The van der Waals surface area contributed by atoms with Crippen LogP contribution >= 0.6 is 23.4 Å². The maximum Gasteiger partial charge on any atom is 0.418 e. The molecule has 0 bridgehead atoms. The van der Waals surface area contributed by atoms with Crippen LogP contribution in [0.5, 0.6) is 0 Å². The van der Waals surface area contributed by atoms with E-state index < -0.39 is 34.7 Å². The quantitative estimate of drug-likeness (QED) is 0.109. The lowest BCUT2D eigenvalue weighted by atomic mass is 10.1. The molecular weight excluding hydrogens is 649 g/mol. The zero-order valence-corrected chi connectivity index (χ0v) is 27.3. The first-order valence-corrected chi connectivity index (χ1v) is 15.7. The van der Waals surface area contributed by atoms with Crippen LogP contribution < -0.4 is 20.9 Å². The van der Waals surface area contributed by atoms with E-state index in [1.165, 1.54) is 6.07 Å². The third-order valence-corrected chi connectivity index (χ3v) is 8.42. The highest BCUT2D eigenvalue weighted by Crippen LogP contribution is 2.37. The van der Waals surface area contributed by atoms with E-state index in [4.69, 9.17) is 11.6 Å². The predicted molar refractivity (Wildman–Crippen MR) is 183 cm³/mol. The number of halogens is 4. The lowest BCUT2D eigenvalue weighted by molar-refractivity contribution is -0.137. The number of carbonyl (C=O) groups excluding carboxylic acids is 3. The molecule has 0 fully saturated rings. The maximum absolute atomic E-state index is 13.6. The van der Waals surface area contributed by atoms with Gasteiger partial charge >= 0.3 is 6.18 Å². The average molecular weight is 681 g/mol. The Morgan fingerprint density at radius 1 is 0.894 bits per heavy atom. The molecule has 1 unspecified atom stereocenters. The number of hydrogen-bond donors (Lipinski definition) is 3. The van der Waals surface area contributed by atoms with Crippen molar-refractivity contribution in [3.05, 3.63) is 124 Å². The zero-order valence-electron chi connectivity index (χ0n) is 25.7. The molecule has 0 heterocycles. The van der Waals surface area contributed by atoms with E-state index in [2.05, 4.69) is 16.0 Å². The highest BCUT2D eigenvalue weighted by atomic mass is 35.5. The van der Waals surface area contributed by atoms with Crippen LogP contribution in [0.25, 0.3) is 6.08 Å². The Morgan fingerprint density at radius 2 is 1.60 bits per heavy atom. The Hall–Kier alpha value is -4.74. The van der Waals surface area contributed by atoms with E-state index in [1.807, 2.05) is 43.3 Å². The van der Waals surface area contributed by atoms with E-state index in [9.17, 15) is 27.6 Å². The number of rotatable bonds is 11. The van der Waals surface area contributed by atoms with Crippen LogP contribution in [0.3, 0.4) is 0 Å². The number of amides is 3. The second-order valence-electron chi connectivity index (χ2n) is 10.5. The highest BCUT2D eigenvalue weighted by molar-refractivity contribution is 8.00. The molecule has 0 aliphatic rings. The topological polar surface area (TPSA) is 90.5 Å². The monoisotopic (exact) mass is 680 g/mol. The summed E-state index contributed by atoms with van der Waals surface area (Å²) < 4.78 is 40.7. The van der Waals surface area contributed by atoms with Crippen molar-refractivity contribution in [3.8, 4) is 0 Å². The van der Waals surface area contributed by atoms with Gasteiger partial charge in [0.25, 0.3) is 11.8 Å². The van der Waals surface area contributed by atoms with Crippen molar-refractivity contribution in [2.24, 2.45) is 0 Å². The molecule has 1 atom stereocenters. The number of nitrogens with one attached hydrogen (secondary N) is 3. The predicted octanol–water partition coefficient (Wildman–Crippen LogP) is 8.34. The number of thioether (sulfide) groups is 1. The van der Waals surface area contributed by atoms with Crippen LogP contribution in [0.4, 0.5) is 30.2 Å². The largest absolute Gasteiger partial charge is 0.418 e. The van der Waals surface area contributed by atoms with Gasteiger partial charge in [-0.25, -0.2) is 0 Å². The Balaban J connectivity index is 1.52. The second-order valence-corrected chi connectivity index (χ2v) is 12.3. The van der Waals surface area contributed by atoms with Crippen molar-refractivity contribution in [3.63, 3.8) is 0 Å². The third-order valence-electron chi connectivity index (χ3n) is 6.83. The van der Waals surface area contributed by atoms with Crippen molar-refractivity contribution in [1.29, 1.82) is 0 Å². The maximum atomic E-state index is 13.6. The van der Waals surface area contributed by atoms with Gasteiger partial charge in [-0.2, -0.15) is 13.2 Å². The van der Waals surface area contributed by atoms with Crippen LogP contribution in [-0.4, -0.2) is 37.1 Å². The fourth-order valence-corrected chi connectivity index (χ4v) is 5.57. The molecule has 3 amide bonds. The second kappa shape index (κ2) is 15.7. The molecule has 4 aromatic rings. The standard InChI is InChI=1S/C35H32ClF3N4O3S/c1-4-31(34(46)41-29-18-15-24(36)20-28(29)35(37,38)39)47-27-12-8-11-25(21-27)40-33(45)30(42-32(44)23-9-6-5-7-10-23)19-22-13-16-26(17-14-22)43(2)3/h5-21,31H,4H2,1-3H3,(H,40,45)(H,41,46)(H,42,44)/b30-19+. The van der Waals surface area contributed by atoms with Gasteiger partial charge < -0.3 is 20.9 Å². The number of benzene rings is 4. The summed E-state index contributed by atoms with van der Waals surface area (Å²) in [6, 6.07) is 25.8. The van der Waals surface area contributed by atoms with Crippen molar-refractivity contribution in [2.45, 2.75) is 29.7 Å². The average Bonchev–Trinajstić information content (AvgIpc) is 3.04. The van der Waals surface area contributed by atoms with Crippen LogP contribution in [-0.2, 0) is 15.8 Å². The van der Waals surface area contributed by atoms with Crippen molar-refractivity contribution >= 4 is 64.2 Å². The summed E-state index contributed by atoms with van der Waals surface area (Å²) in [5.74, 6) is -1.67. The molecule has 12 heteroatoms. The van der Waals surface area contributed by atoms with E-state index in [0.717, 1.165) is 29.6 Å². The van der Waals surface area contributed by atoms with Gasteiger partial charge in [0.1, 0.15) is 5.70 Å². The lowest BCUT2D eigenvalue weighted by Gasteiger charge is -2.18.